The molecule has 0 N–H and O–H groups in total. The van der Waals surface area contributed by atoms with Crippen LogP contribution in [0.5, 0.6) is 11.5 Å². The summed E-state index contributed by atoms with van der Waals surface area (Å²) in [6, 6.07) is 25.8. The first-order chi connectivity index (χ1) is 19.1. The van der Waals surface area contributed by atoms with Gasteiger partial charge in [-0.1, -0.05) is 60.2 Å². The van der Waals surface area contributed by atoms with Gasteiger partial charge >= 0.3 is 0 Å². The first-order valence-electron chi connectivity index (χ1n) is 13.2. The van der Waals surface area contributed by atoms with E-state index in [1.807, 2.05) is 78.6 Å². The second-order valence-corrected chi connectivity index (χ2v) is 9.63. The molecule has 1 aromatic heterocycles. The van der Waals surface area contributed by atoms with Crippen LogP contribution in [0.2, 0.25) is 0 Å². The Balaban J connectivity index is 1.36. The highest BCUT2D eigenvalue weighted by atomic mass is 16.5. The Kier molecular flexibility index (Phi) is 8.08. The average molecular weight is 523 g/mol. The average Bonchev–Trinajstić information content (AvgIpc) is 3.43. The number of piperazine rings is 1. The highest BCUT2D eigenvalue weighted by molar-refractivity contribution is 5.94. The van der Waals surface area contributed by atoms with Crippen LogP contribution in [0.1, 0.15) is 21.6 Å². The lowest BCUT2D eigenvalue weighted by atomic mass is 10.1. The second kappa shape index (κ2) is 12.0. The number of hydrogen-bond acceptors (Lipinski definition) is 5. The SMILES string of the molecule is COc1ccc(-c2cc(C(=O)N3CCN(CC=Cc4ccccc4)CC3)n(-c3ccc(C)cc3)n2)c(OC)c1. The molecular formula is C32H34N4O3. The maximum atomic E-state index is 13.8. The molecule has 0 spiro atoms. The second-order valence-electron chi connectivity index (χ2n) is 9.63. The molecule has 1 fully saturated rings. The smallest absolute Gasteiger partial charge is 0.272 e. The minimum Gasteiger partial charge on any atom is -0.497 e. The van der Waals surface area contributed by atoms with E-state index in [9.17, 15) is 4.79 Å². The van der Waals surface area contributed by atoms with Gasteiger partial charge in [-0.25, -0.2) is 4.68 Å². The fraction of sp³-hybridized carbons (Fsp3) is 0.250. The van der Waals surface area contributed by atoms with Gasteiger partial charge in [0.25, 0.3) is 5.91 Å². The van der Waals surface area contributed by atoms with Gasteiger partial charge in [0.1, 0.15) is 17.2 Å². The normalized spacial score (nSPS) is 14.1. The van der Waals surface area contributed by atoms with Gasteiger partial charge in [-0.3, -0.25) is 9.69 Å². The summed E-state index contributed by atoms with van der Waals surface area (Å²) in [5.74, 6) is 1.31. The molecule has 4 aromatic rings. The Labute approximate surface area is 229 Å². The minimum atomic E-state index is -0.0266. The molecule has 1 aliphatic rings. The highest BCUT2D eigenvalue weighted by Crippen LogP contribution is 2.34. The quantitative estimate of drug-likeness (QED) is 0.313. The summed E-state index contributed by atoms with van der Waals surface area (Å²) in [6.07, 6.45) is 4.33. The maximum Gasteiger partial charge on any atom is 0.272 e. The van der Waals surface area contributed by atoms with Crippen LogP contribution < -0.4 is 9.47 Å². The highest BCUT2D eigenvalue weighted by Gasteiger charge is 2.26. The van der Waals surface area contributed by atoms with Gasteiger partial charge in [-0.15, -0.1) is 0 Å². The molecule has 0 aliphatic carbocycles. The molecule has 3 aromatic carbocycles. The molecule has 1 amide bonds. The summed E-state index contributed by atoms with van der Waals surface area (Å²) in [5.41, 5.74) is 5.18. The van der Waals surface area contributed by atoms with Gasteiger partial charge in [-0.2, -0.15) is 5.10 Å². The third kappa shape index (κ3) is 6.04. The molecule has 1 saturated heterocycles. The van der Waals surface area contributed by atoms with Crippen LogP contribution in [0.25, 0.3) is 23.0 Å². The van der Waals surface area contributed by atoms with E-state index in [1.54, 1.807) is 18.9 Å². The molecule has 7 nitrogen and oxygen atoms in total. The fourth-order valence-electron chi connectivity index (χ4n) is 4.76. The number of carbonyl (C=O) groups excluding carboxylic acids is 1. The molecule has 2 heterocycles. The van der Waals surface area contributed by atoms with Gasteiger partial charge < -0.3 is 14.4 Å². The number of methoxy groups -OCH3 is 2. The lowest BCUT2D eigenvalue weighted by Gasteiger charge is -2.34. The summed E-state index contributed by atoms with van der Waals surface area (Å²) in [4.78, 5) is 18.1. The minimum absolute atomic E-state index is 0.0266. The van der Waals surface area contributed by atoms with E-state index in [0.29, 0.717) is 36.0 Å². The van der Waals surface area contributed by atoms with Gasteiger partial charge in [0.2, 0.25) is 0 Å². The lowest BCUT2D eigenvalue weighted by molar-refractivity contribution is 0.0641. The number of hydrogen-bond donors (Lipinski definition) is 0. The van der Waals surface area contributed by atoms with Gasteiger partial charge in [0, 0.05) is 44.4 Å². The van der Waals surface area contributed by atoms with Crippen LogP contribution in [0.4, 0.5) is 0 Å². The van der Waals surface area contributed by atoms with Crippen molar-refractivity contribution in [2.24, 2.45) is 0 Å². The molecule has 0 saturated carbocycles. The number of rotatable bonds is 8. The van der Waals surface area contributed by atoms with E-state index < -0.39 is 0 Å². The number of carbonyl (C=O) groups is 1. The molecule has 200 valence electrons. The Morgan fingerprint density at radius 3 is 2.33 bits per heavy atom. The lowest BCUT2D eigenvalue weighted by Crippen LogP contribution is -2.49. The summed E-state index contributed by atoms with van der Waals surface area (Å²) < 4.78 is 12.7. The zero-order valence-electron chi connectivity index (χ0n) is 22.7. The van der Waals surface area contributed by atoms with E-state index in [0.717, 1.165) is 36.4 Å². The third-order valence-electron chi connectivity index (χ3n) is 7.02. The number of aromatic nitrogens is 2. The van der Waals surface area contributed by atoms with Crippen LogP contribution in [0.3, 0.4) is 0 Å². The Bertz CT molecular complexity index is 1440. The first kappa shape index (κ1) is 26.3. The molecule has 7 heteroatoms. The predicted octanol–water partition coefficient (Wildman–Crippen LogP) is 5.34. The standard InChI is InChI=1S/C32H34N4O3/c1-24-11-13-26(14-12-24)36-30(23-29(33-36)28-16-15-27(38-2)22-31(28)39-3)32(37)35-20-18-34(19-21-35)17-7-10-25-8-5-4-6-9-25/h4-16,22-23H,17-21H2,1-3H3. The molecular weight excluding hydrogens is 488 g/mol. The summed E-state index contributed by atoms with van der Waals surface area (Å²) >= 11 is 0. The fourth-order valence-corrected chi connectivity index (χ4v) is 4.76. The van der Waals surface area contributed by atoms with Crippen LogP contribution in [-0.2, 0) is 0 Å². The Morgan fingerprint density at radius 1 is 0.897 bits per heavy atom. The molecule has 1 aliphatic heterocycles. The van der Waals surface area contributed by atoms with Crippen molar-refractivity contribution in [1.29, 1.82) is 0 Å². The molecule has 5 rings (SSSR count). The number of amides is 1. The van der Waals surface area contributed by atoms with Crippen molar-refractivity contribution in [3.8, 4) is 28.4 Å². The monoisotopic (exact) mass is 522 g/mol. The van der Waals surface area contributed by atoms with Crippen molar-refractivity contribution in [3.05, 3.63) is 102 Å². The number of benzene rings is 3. The van der Waals surface area contributed by atoms with Crippen LogP contribution in [0.15, 0.2) is 84.9 Å². The molecule has 0 radical (unpaired) electrons. The van der Waals surface area contributed by atoms with Crippen molar-refractivity contribution < 1.29 is 14.3 Å². The van der Waals surface area contributed by atoms with E-state index in [2.05, 4.69) is 29.2 Å². The van der Waals surface area contributed by atoms with Crippen LogP contribution in [0, 0.1) is 6.92 Å². The van der Waals surface area contributed by atoms with Gasteiger partial charge in [-0.05, 0) is 42.8 Å². The summed E-state index contributed by atoms with van der Waals surface area (Å²) in [5, 5.41) is 4.87. The van der Waals surface area contributed by atoms with Crippen LogP contribution >= 0.6 is 0 Å². The van der Waals surface area contributed by atoms with Crippen molar-refractivity contribution in [2.45, 2.75) is 6.92 Å². The Hall–Kier alpha value is -4.36. The summed E-state index contributed by atoms with van der Waals surface area (Å²) in [6.45, 7) is 5.88. The third-order valence-corrected chi connectivity index (χ3v) is 7.02. The zero-order chi connectivity index (χ0) is 27.2. The topological polar surface area (TPSA) is 59.8 Å². The van der Waals surface area contributed by atoms with E-state index >= 15 is 0 Å². The molecule has 0 bridgehead atoms. The van der Waals surface area contributed by atoms with E-state index in [-0.39, 0.29) is 5.91 Å². The number of ether oxygens (including phenoxy) is 2. The van der Waals surface area contributed by atoms with Crippen molar-refractivity contribution in [2.75, 3.05) is 46.9 Å². The number of aryl methyl sites for hydroxylation is 1. The van der Waals surface area contributed by atoms with Gasteiger partial charge in [0.05, 0.1) is 25.6 Å². The zero-order valence-corrected chi connectivity index (χ0v) is 22.7. The van der Waals surface area contributed by atoms with Gasteiger partial charge in [0.15, 0.2) is 0 Å². The molecule has 0 atom stereocenters. The van der Waals surface area contributed by atoms with Crippen LogP contribution in [-0.4, -0.2) is 72.4 Å². The number of nitrogens with zero attached hydrogens (tertiary/aromatic N) is 4. The Morgan fingerprint density at radius 2 is 1.64 bits per heavy atom. The van der Waals surface area contributed by atoms with Crippen molar-refractivity contribution in [1.82, 2.24) is 19.6 Å². The molecule has 39 heavy (non-hydrogen) atoms. The van der Waals surface area contributed by atoms with Crippen molar-refractivity contribution >= 4 is 12.0 Å². The maximum absolute atomic E-state index is 13.8. The first-order valence-corrected chi connectivity index (χ1v) is 13.2. The predicted molar refractivity (Wildman–Crippen MR) is 155 cm³/mol. The largest absolute Gasteiger partial charge is 0.497 e. The van der Waals surface area contributed by atoms with Crippen molar-refractivity contribution in [3.63, 3.8) is 0 Å². The van der Waals surface area contributed by atoms with E-state index in [4.69, 9.17) is 14.6 Å². The molecule has 0 unspecified atom stereocenters. The van der Waals surface area contributed by atoms with E-state index in [1.165, 1.54) is 5.56 Å². The summed E-state index contributed by atoms with van der Waals surface area (Å²) in [7, 11) is 3.24.